The lowest BCUT2D eigenvalue weighted by atomic mass is 9.85. The highest BCUT2D eigenvalue weighted by molar-refractivity contribution is 5.90. The molecule has 0 saturated carbocycles. The van der Waals surface area contributed by atoms with Crippen LogP contribution in [0.5, 0.6) is 11.5 Å². The number of benzene rings is 3. The normalized spacial score (nSPS) is 15.3. The number of rotatable bonds is 2. The molecular formula is C27H16O7. The molecule has 5 aromatic rings. The Morgan fingerprint density at radius 1 is 0.794 bits per heavy atom. The summed E-state index contributed by atoms with van der Waals surface area (Å²) in [5.41, 5.74) is 1.80. The number of carbonyl (C=O) groups excluding carboxylic acids is 1. The number of aromatic hydroxyl groups is 1. The van der Waals surface area contributed by atoms with Crippen LogP contribution in [-0.4, -0.2) is 11.1 Å². The van der Waals surface area contributed by atoms with E-state index >= 15 is 0 Å². The molecule has 3 heterocycles. The number of esters is 1. The van der Waals surface area contributed by atoms with Crippen molar-refractivity contribution in [1.29, 1.82) is 0 Å². The largest absolute Gasteiger partial charge is 0.508 e. The van der Waals surface area contributed by atoms with Gasteiger partial charge in [-0.05, 0) is 42.0 Å². The molecule has 34 heavy (non-hydrogen) atoms. The minimum Gasteiger partial charge on any atom is -0.508 e. The van der Waals surface area contributed by atoms with Gasteiger partial charge in [-0.1, -0.05) is 24.3 Å². The Labute approximate surface area is 191 Å². The molecule has 0 amide bonds. The summed E-state index contributed by atoms with van der Waals surface area (Å²) in [6.07, 6.45) is 2.60. The predicted molar refractivity (Wildman–Crippen MR) is 124 cm³/mol. The molecule has 166 valence electrons. The smallest absolute Gasteiger partial charge is 0.312 e. The summed E-state index contributed by atoms with van der Waals surface area (Å²) < 4.78 is 17.0. The molecule has 7 heteroatoms. The Morgan fingerprint density at radius 3 is 2.41 bits per heavy atom. The second-order valence-corrected chi connectivity index (χ2v) is 8.13. The van der Waals surface area contributed by atoms with Crippen LogP contribution >= 0.6 is 0 Å². The molecule has 0 aliphatic carbocycles. The third-order valence-electron chi connectivity index (χ3n) is 6.14. The molecule has 3 aromatic carbocycles. The lowest BCUT2D eigenvalue weighted by Gasteiger charge is -2.25. The third kappa shape index (κ3) is 3.02. The van der Waals surface area contributed by atoms with Crippen LogP contribution in [0.25, 0.3) is 33.1 Å². The fraction of sp³-hybridized carbons (Fsp3) is 0.0741. The van der Waals surface area contributed by atoms with Crippen molar-refractivity contribution >= 4 is 27.9 Å². The molecule has 1 atom stereocenters. The van der Waals surface area contributed by atoms with E-state index in [0.29, 0.717) is 27.7 Å². The van der Waals surface area contributed by atoms with Gasteiger partial charge in [0.15, 0.2) is 5.43 Å². The average Bonchev–Trinajstić information content (AvgIpc) is 2.84. The Bertz CT molecular complexity index is 1730. The standard InChI is InChI=1S/C27H16O7/c28-15-7-5-14(6-8-15)19-12-33-27-17(26(19)31)9-10-22-24(27)18(11-23(29)34-22)20-13-32-21-4-2-1-3-16(21)25(20)30/h1-10,12-13,18,28H,11H2/t18-/m1/s1. The second kappa shape index (κ2) is 7.45. The summed E-state index contributed by atoms with van der Waals surface area (Å²) in [5, 5.41) is 10.2. The Balaban J connectivity index is 1.59. The quantitative estimate of drug-likeness (QED) is 0.305. The van der Waals surface area contributed by atoms with Crippen molar-refractivity contribution in [2.75, 3.05) is 0 Å². The highest BCUT2D eigenvalue weighted by Gasteiger charge is 2.34. The molecule has 7 nitrogen and oxygen atoms in total. The number of hydrogen-bond donors (Lipinski definition) is 1. The van der Waals surface area contributed by atoms with E-state index in [1.807, 2.05) is 0 Å². The fourth-order valence-corrected chi connectivity index (χ4v) is 4.49. The van der Waals surface area contributed by atoms with E-state index in [-0.39, 0.29) is 45.3 Å². The molecule has 0 bridgehead atoms. The molecule has 0 spiro atoms. The maximum atomic E-state index is 13.3. The van der Waals surface area contributed by atoms with Crippen molar-refractivity contribution in [2.45, 2.75) is 12.3 Å². The third-order valence-corrected chi connectivity index (χ3v) is 6.14. The van der Waals surface area contributed by atoms with Crippen LogP contribution in [0, 0.1) is 0 Å². The monoisotopic (exact) mass is 452 g/mol. The first-order valence-corrected chi connectivity index (χ1v) is 10.6. The van der Waals surface area contributed by atoms with Crippen molar-refractivity contribution in [3.8, 4) is 22.6 Å². The number of carbonyl (C=O) groups is 1. The zero-order valence-electron chi connectivity index (χ0n) is 17.6. The number of hydrogen-bond acceptors (Lipinski definition) is 7. The Kier molecular flexibility index (Phi) is 4.38. The summed E-state index contributed by atoms with van der Waals surface area (Å²) in [6, 6.07) is 16.2. The van der Waals surface area contributed by atoms with Crippen LogP contribution in [0.15, 0.2) is 91.6 Å². The number of ether oxygens (including phenoxy) is 1. The maximum absolute atomic E-state index is 13.3. The van der Waals surface area contributed by atoms with Crippen LogP contribution in [0.2, 0.25) is 0 Å². The van der Waals surface area contributed by atoms with Crippen molar-refractivity contribution < 1.29 is 23.5 Å². The zero-order valence-corrected chi connectivity index (χ0v) is 17.6. The van der Waals surface area contributed by atoms with E-state index in [1.54, 1.807) is 48.5 Å². The van der Waals surface area contributed by atoms with Gasteiger partial charge in [-0.3, -0.25) is 14.4 Å². The first-order chi connectivity index (χ1) is 16.5. The first kappa shape index (κ1) is 20.0. The molecule has 0 radical (unpaired) electrons. The van der Waals surface area contributed by atoms with E-state index in [0.717, 1.165) is 0 Å². The second-order valence-electron chi connectivity index (χ2n) is 8.13. The molecular weight excluding hydrogens is 436 g/mol. The lowest BCUT2D eigenvalue weighted by Crippen LogP contribution is -2.25. The lowest BCUT2D eigenvalue weighted by molar-refractivity contribution is -0.135. The van der Waals surface area contributed by atoms with Crippen LogP contribution in [0.1, 0.15) is 23.5 Å². The Morgan fingerprint density at radius 2 is 1.59 bits per heavy atom. The molecule has 0 unspecified atom stereocenters. The van der Waals surface area contributed by atoms with E-state index in [2.05, 4.69) is 0 Å². The highest BCUT2D eigenvalue weighted by Crippen LogP contribution is 2.42. The number of phenolic OH excluding ortho intramolecular Hbond substituents is 1. The van der Waals surface area contributed by atoms with Crippen LogP contribution < -0.4 is 15.6 Å². The van der Waals surface area contributed by atoms with Crippen molar-refractivity contribution in [3.05, 3.63) is 105 Å². The summed E-state index contributed by atoms with van der Waals surface area (Å²) in [4.78, 5) is 39.0. The van der Waals surface area contributed by atoms with Crippen molar-refractivity contribution in [3.63, 3.8) is 0 Å². The minimum atomic E-state index is -0.705. The SMILES string of the molecule is O=C1C[C@H](c2coc3ccccc3c2=O)c2c(ccc3c(=O)c(-c4ccc(O)cc4)coc23)O1. The maximum Gasteiger partial charge on any atom is 0.312 e. The number of phenols is 1. The number of fused-ring (bicyclic) bond motifs is 4. The van der Waals surface area contributed by atoms with Crippen LogP contribution in [0.3, 0.4) is 0 Å². The van der Waals surface area contributed by atoms with Gasteiger partial charge in [-0.2, -0.15) is 0 Å². The zero-order chi connectivity index (χ0) is 23.4. The minimum absolute atomic E-state index is 0.0851. The van der Waals surface area contributed by atoms with Crippen LogP contribution in [0.4, 0.5) is 0 Å². The van der Waals surface area contributed by atoms with Gasteiger partial charge < -0.3 is 18.7 Å². The number of para-hydroxylation sites is 1. The highest BCUT2D eigenvalue weighted by atomic mass is 16.5. The van der Waals surface area contributed by atoms with Crippen molar-refractivity contribution in [2.24, 2.45) is 0 Å². The van der Waals surface area contributed by atoms with Crippen molar-refractivity contribution in [1.82, 2.24) is 0 Å². The van der Waals surface area contributed by atoms with E-state index in [4.69, 9.17) is 13.6 Å². The Hall–Kier alpha value is -4.65. The molecule has 2 aromatic heterocycles. The van der Waals surface area contributed by atoms with Gasteiger partial charge in [0.2, 0.25) is 5.43 Å². The summed E-state index contributed by atoms with van der Waals surface area (Å²) in [6.45, 7) is 0. The molecule has 1 aliphatic heterocycles. The predicted octanol–water partition coefficient (Wildman–Crippen LogP) is 4.71. The molecule has 1 aliphatic rings. The van der Waals surface area contributed by atoms with Gasteiger partial charge >= 0.3 is 5.97 Å². The molecule has 1 N–H and O–H groups in total. The first-order valence-electron chi connectivity index (χ1n) is 10.6. The summed E-state index contributed by atoms with van der Waals surface area (Å²) >= 11 is 0. The van der Waals surface area contributed by atoms with E-state index in [9.17, 15) is 19.5 Å². The van der Waals surface area contributed by atoms with Crippen LogP contribution in [-0.2, 0) is 4.79 Å². The van der Waals surface area contributed by atoms with Gasteiger partial charge in [0.1, 0.15) is 28.9 Å². The summed E-state index contributed by atoms with van der Waals surface area (Å²) in [7, 11) is 0. The van der Waals surface area contributed by atoms with Gasteiger partial charge in [-0.25, -0.2) is 0 Å². The molecule has 0 fully saturated rings. The molecule has 0 saturated heterocycles. The summed E-state index contributed by atoms with van der Waals surface area (Å²) in [5.74, 6) is -0.875. The van der Waals surface area contributed by atoms with Gasteiger partial charge in [-0.15, -0.1) is 0 Å². The topological polar surface area (TPSA) is 107 Å². The van der Waals surface area contributed by atoms with Gasteiger partial charge in [0.25, 0.3) is 0 Å². The average molecular weight is 452 g/mol. The molecule has 6 rings (SSSR count). The van der Waals surface area contributed by atoms with Gasteiger partial charge in [0.05, 0.1) is 29.0 Å². The van der Waals surface area contributed by atoms with E-state index in [1.165, 1.54) is 24.7 Å². The van der Waals surface area contributed by atoms with Gasteiger partial charge in [0, 0.05) is 17.0 Å². The fourth-order valence-electron chi connectivity index (χ4n) is 4.49. The van der Waals surface area contributed by atoms with E-state index < -0.39 is 11.9 Å².